The molecular weight excluding hydrogens is 275 g/mol. The molecule has 0 aliphatic heterocycles. The maximum Gasteiger partial charge on any atom is 0.337 e. The normalized spacial score (nSPS) is 10.1. The molecule has 0 bridgehead atoms. The van der Waals surface area contributed by atoms with Crippen molar-refractivity contribution in [1.29, 1.82) is 0 Å². The van der Waals surface area contributed by atoms with Gasteiger partial charge in [0, 0.05) is 16.9 Å². The summed E-state index contributed by atoms with van der Waals surface area (Å²) in [5.41, 5.74) is 0.758. The highest BCUT2D eigenvalue weighted by Crippen LogP contribution is 2.21. The van der Waals surface area contributed by atoms with Crippen molar-refractivity contribution < 1.29 is 9.90 Å². The van der Waals surface area contributed by atoms with Crippen LogP contribution < -0.4 is 5.32 Å². The van der Waals surface area contributed by atoms with E-state index in [9.17, 15) is 4.79 Å². The second kappa shape index (κ2) is 5.25. The lowest BCUT2D eigenvalue weighted by Gasteiger charge is -2.07. The van der Waals surface area contributed by atoms with Crippen molar-refractivity contribution in [2.45, 2.75) is 0 Å². The molecule has 0 aliphatic rings. The fourth-order valence-electron chi connectivity index (χ4n) is 1.35. The summed E-state index contributed by atoms with van der Waals surface area (Å²) in [6.07, 6.45) is 1.29. The fourth-order valence-corrected chi connectivity index (χ4v) is 1.66. The Hall–Kier alpha value is -1.78. The molecule has 0 saturated heterocycles. The highest BCUT2D eigenvalue weighted by molar-refractivity contribution is 6.33. The summed E-state index contributed by atoms with van der Waals surface area (Å²) in [6, 6.07) is 8.34. The van der Waals surface area contributed by atoms with Gasteiger partial charge in [-0.25, -0.2) is 9.78 Å². The number of hydrogen-bond donors (Lipinski definition) is 2. The Balaban J connectivity index is 2.27. The van der Waals surface area contributed by atoms with E-state index in [1.54, 1.807) is 24.3 Å². The number of hydrogen-bond acceptors (Lipinski definition) is 3. The maximum atomic E-state index is 10.9. The summed E-state index contributed by atoms with van der Waals surface area (Å²) in [5.74, 6) is -0.694. The third kappa shape index (κ3) is 2.91. The standard InChI is InChI=1S/C12H8Cl2N2O2/c13-7-1-3-8(4-2-7)16-11-5-9(12(17)18)10(14)6-15-11/h1-6H,(H,15,16)(H,17,18). The molecule has 2 rings (SSSR count). The van der Waals surface area contributed by atoms with Gasteiger partial charge in [0.15, 0.2) is 0 Å². The number of aromatic carboxylic acids is 1. The van der Waals surface area contributed by atoms with Crippen LogP contribution in [0, 0.1) is 0 Å². The zero-order chi connectivity index (χ0) is 13.1. The molecule has 4 nitrogen and oxygen atoms in total. The smallest absolute Gasteiger partial charge is 0.337 e. The first-order chi connectivity index (χ1) is 8.56. The Labute approximate surface area is 113 Å². The molecule has 0 radical (unpaired) electrons. The van der Waals surface area contributed by atoms with Crippen molar-refractivity contribution in [2.24, 2.45) is 0 Å². The number of benzene rings is 1. The van der Waals surface area contributed by atoms with E-state index in [1.807, 2.05) is 0 Å². The Kier molecular flexibility index (Phi) is 3.69. The molecule has 92 valence electrons. The van der Waals surface area contributed by atoms with Crippen LogP contribution in [0.3, 0.4) is 0 Å². The monoisotopic (exact) mass is 282 g/mol. The minimum absolute atomic E-state index is 0.00290. The minimum Gasteiger partial charge on any atom is -0.478 e. The number of aromatic nitrogens is 1. The van der Waals surface area contributed by atoms with Crippen LogP contribution in [0.25, 0.3) is 0 Å². The van der Waals surface area contributed by atoms with Gasteiger partial charge in [-0.05, 0) is 30.3 Å². The Morgan fingerprint density at radius 2 is 1.89 bits per heavy atom. The van der Waals surface area contributed by atoms with E-state index < -0.39 is 5.97 Å². The molecule has 1 aromatic heterocycles. The zero-order valence-corrected chi connectivity index (χ0v) is 10.5. The van der Waals surface area contributed by atoms with E-state index in [2.05, 4.69) is 10.3 Å². The SMILES string of the molecule is O=C(O)c1cc(Nc2ccc(Cl)cc2)ncc1Cl. The second-order valence-corrected chi connectivity index (χ2v) is 4.33. The number of nitrogens with zero attached hydrogens (tertiary/aromatic N) is 1. The van der Waals surface area contributed by atoms with Crippen molar-refractivity contribution in [1.82, 2.24) is 4.98 Å². The summed E-state index contributed by atoms with van der Waals surface area (Å²) in [5, 5.41) is 12.6. The van der Waals surface area contributed by atoms with Crippen LogP contribution in [0.5, 0.6) is 0 Å². The zero-order valence-electron chi connectivity index (χ0n) is 9.02. The van der Waals surface area contributed by atoms with Gasteiger partial charge >= 0.3 is 5.97 Å². The summed E-state index contributed by atoms with van der Waals surface area (Å²) < 4.78 is 0. The highest BCUT2D eigenvalue weighted by atomic mass is 35.5. The number of carboxylic acid groups (broad SMARTS) is 1. The van der Waals surface area contributed by atoms with Gasteiger partial charge < -0.3 is 10.4 Å². The van der Waals surface area contributed by atoms with Gasteiger partial charge in [-0.1, -0.05) is 23.2 Å². The van der Waals surface area contributed by atoms with E-state index >= 15 is 0 Å². The average molecular weight is 283 g/mol. The van der Waals surface area contributed by atoms with Crippen LogP contribution in [0.2, 0.25) is 10.0 Å². The molecule has 2 N–H and O–H groups in total. The van der Waals surface area contributed by atoms with Crippen molar-refractivity contribution in [3.8, 4) is 0 Å². The van der Waals surface area contributed by atoms with Gasteiger partial charge in [-0.15, -0.1) is 0 Å². The largest absolute Gasteiger partial charge is 0.478 e. The number of halogens is 2. The second-order valence-electron chi connectivity index (χ2n) is 3.49. The van der Waals surface area contributed by atoms with E-state index in [4.69, 9.17) is 28.3 Å². The number of carboxylic acids is 1. The fraction of sp³-hybridized carbons (Fsp3) is 0. The molecule has 1 heterocycles. The predicted octanol–water partition coefficient (Wildman–Crippen LogP) is 3.83. The summed E-state index contributed by atoms with van der Waals surface area (Å²) >= 11 is 11.5. The van der Waals surface area contributed by atoms with Crippen LogP contribution in [-0.4, -0.2) is 16.1 Å². The molecule has 2 aromatic rings. The third-order valence-electron chi connectivity index (χ3n) is 2.20. The lowest BCUT2D eigenvalue weighted by molar-refractivity contribution is 0.0697. The van der Waals surface area contributed by atoms with Gasteiger partial charge in [0.2, 0.25) is 0 Å². The van der Waals surface area contributed by atoms with E-state index in [-0.39, 0.29) is 10.6 Å². The quantitative estimate of drug-likeness (QED) is 0.898. The van der Waals surface area contributed by atoms with Crippen LogP contribution in [0.1, 0.15) is 10.4 Å². The summed E-state index contributed by atoms with van der Waals surface area (Å²) in [7, 11) is 0. The first kappa shape index (κ1) is 12.7. The first-order valence-corrected chi connectivity index (χ1v) is 5.73. The van der Waals surface area contributed by atoms with Crippen molar-refractivity contribution in [2.75, 3.05) is 5.32 Å². The summed E-state index contributed by atoms with van der Waals surface area (Å²) in [4.78, 5) is 14.9. The first-order valence-electron chi connectivity index (χ1n) is 4.97. The number of anilines is 2. The molecular formula is C12H8Cl2N2O2. The molecule has 0 unspecified atom stereocenters. The van der Waals surface area contributed by atoms with Gasteiger partial charge in [0.05, 0.1) is 10.6 Å². The minimum atomic E-state index is -1.10. The van der Waals surface area contributed by atoms with Gasteiger partial charge in [0.25, 0.3) is 0 Å². The van der Waals surface area contributed by atoms with Crippen LogP contribution >= 0.6 is 23.2 Å². The molecule has 6 heteroatoms. The molecule has 0 aliphatic carbocycles. The molecule has 0 fully saturated rings. The highest BCUT2D eigenvalue weighted by Gasteiger charge is 2.10. The van der Waals surface area contributed by atoms with Gasteiger partial charge in [-0.2, -0.15) is 0 Å². The average Bonchev–Trinajstić information content (AvgIpc) is 2.34. The summed E-state index contributed by atoms with van der Waals surface area (Å²) in [6.45, 7) is 0. The molecule has 18 heavy (non-hydrogen) atoms. The van der Waals surface area contributed by atoms with Crippen LogP contribution in [0.15, 0.2) is 36.5 Å². The molecule has 0 saturated carbocycles. The Bertz CT molecular complexity index is 585. The number of nitrogens with one attached hydrogen (secondary N) is 1. The lowest BCUT2D eigenvalue weighted by atomic mass is 10.2. The van der Waals surface area contributed by atoms with E-state index in [0.717, 1.165) is 5.69 Å². The molecule has 0 atom stereocenters. The van der Waals surface area contributed by atoms with E-state index in [1.165, 1.54) is 12.3 Å². The molecule has 1 aromatic carbocycles. The van der Waals surface area contributed by atoms with Crippen LogP contribution in [0.4, 0.5) is 11.5 Å². The number of rotatable bonds is 3. The Morgan fingerprint density at radius 1 is 1.22 bits per heavy atom. The maximum absolute atomic E-state index is 10.9. The van der Waals surface area contributed by atoms with Crippen LogP contribution in [-0.2, 0) is 0 Å². The number of pyridine rings is 1. The molecule has 0 amide bonds. The topological polar surface area (TPSA) is 62.2 Å². The Morgan fingerprint density at radius 3 is 2.50 bits per heavy atom. The van der Waals surface area contributed by atoms with Crippen molar-refractivity contribution in [3.63, 3.8) is 0 Å². The molecule has 0 spiro atoms. The van der Waals surface area contributed by atoms with E-state index in [0.29, 0.717) is 10.8 Å². The third-order valence-corrected chi connectivity index (χ3v) is 2.76. The van der Waals surface area contributed by atoms with Crippen molar-refractivity contribution >= 4 is 40.7 Å². The number of carbonyl (C=O) groups is 1. The van der Waals surface area contributed by atoms with Gasteiger partial charge in [0.1, 0.15) is 5.82 Å². The van der Waals surface area contributed by atoms with Gasteiger partial charge in [-0.3, -0.25) is 0 Å². The lowest BCUT2D eigenvalue weighted by Crippen LogP contribution is -2.01. The predicted molar refractivity (Wildman–Crippen MR) is 70.9 cm³/mol. The van der Waals surface area contributed by atoms with Crippen molar-refractivity contribution in [3.05, 3.63) is 52.1 Å².